The molecule has 1 fully saturated rings. The smallest absolute Gasteiger partial charge is 0.257 e. The molecule has 1 spiro atoms. The molecule has 0 saturated carbocycles. The lowest BCUT2D eigenvalue weighted by Gasteiger charge is -2.35. The number of carbonyl (C=O) groups excluding carboxylic acids is 1. The lowest BCUT2D eigenvalue weighted by atomic mass is 10.0. The molecule has 5 rings (SSSR count). The van der Waals surface area contributed by atoms with Crippen LogP contribution in [0.25, 0.3) is 11.3 Å². The number of likely N-dealkylation sites (tertiary alicyclic amines) is 1. The van der Waals surface area contributed by atoms with Gasteiger partial charge in [-0.3, -0.25) is 4.79 Å². The first kappa shape index (κ1) is 16.8. The minimum Gasteiger partial charge on any atom is -0.466 e. The number of ether oxygens (including phenoxy) is 1. The summed E-state index contributed by atoms with van der Waals surface area (Å²) in [5.41, 5.74) is 2.62. The van der Waals surface area contributed by atoms with Gasteiger partial charge in [-0.1, -0.05) is 0 Å². The van der Waals surface area contributed by atoms with Crippen LogP contribution in [0.3, 0.4) is 0 Å². The largest absolute Gasteiger partial charge is 0.466 e. The van der Waals surface area contributed by atoms with Crippen molar-refractivity contribution in [2.24, 2.45) is 0 Å². The van der Waals surface area contributed by atoms with Gasteiger partial charge in [-0.15, -0.1) is 0 Å². The van der Waals surface area contributed by atoms with Crippen molar-refractivity contribution < 1.29 is 13.9 Å². The van der Waals surface area contributed by atoms with Crippen molar-refractivity contribution in [3.8, 4) is 11.3 Å². The highest BCUT2D eigenvalue weighted by atomic mass is 32.1. The Labute approximate surface area is 161 Å². The van der Waals surface area contributed by atoms with E-state index >= 15 is 0 Å². The maximum atomic E-state index is 12.9. The topological polar surface area (TPSA) is 60.5 Å². The van der Waals surface area contributed by atoms with E-state index in [9.17, 15) is 4.79 Å². The maximum absolute atomic E-state index is 12.9. The SMILES string of the molecule is Cc1cc(C(=O)N2CC[C@]3(C2)Cn2c(-c4ccsc4)cnc2CO3)c(C)o1. The first-order valence-electron chi connectivity index (χ1n) is 9.12. The normalized spacial score (nSPS) is 21.8. The van der Waals surface area contributed by atoms with Crippen LogP contribution in [-0.2, 0) is 17.9 Å². The van der Waals surface area contributed by atoms with Gasteiger partial charge in [0, 0.05) is 17.5 Å². The first-order chi connectivity index (χ1) is 13.0. The summed E-state index contributed by atoms with van der Waals surface area (Å²) in [5.74, 6) is 2.43. The molecule has 0 N–H and O–H groups in total. The molecule has 6 nitrogen and oxygen atoms in total. The Morgan fingerprint density at radius 1 is 1.33 bits per heavy atom. The number of aromatic nitrogens is 2. The summed E-state index contributed by atoms with van der Waals surface area (Å²) in [5, 5.41) is 4.22. The van der Waals surface area contributed by atoms with Crippen LogP contribution in [0, 0.1) is 13.8 Å². The van der Waals surface area contributed by atoms with E-state index in [-0.39, 0.29) is 11.5 Å². The molecule has 3 aromatic heterocycles. The van der Waals surface area contributed by atoms with Gasteiger partial charge >= 0.3 is 0 Å². The Balaban J connectivity index is 1.39. The predicted octanol–water partition coefficient (Wildman–Crippen LogP) is 3.64. The van der Waals surface area contributed by atoms with E-state index in [1.165, 1.54) is 5.56 Å². The molecule has 2 aliphatic heterocycles. The quantitative estimate of drug-likeness (QED) is 0.678. The van der Waals surface area contributed by atoms with Gasteiger partial charge in [-0.05, 0) is 37.8 Å². The highest BCUT2D eigenvalue weighted by Gasteiger charge is 2.45. The van der Waals surface area contributed by atoms with Gasteiger partial charge in [-0.25, -0.2) is 4.98 Å². The zero-order valence-corrected chi connectivity index (χ0v) is 16.2. The number of fused-ring (bicyclic) bond motifs is 1. The van der Waals surface area contributed by atoms with Crippen LogP contribution in [0.1, 0.15) is 34.1 Å². The second-order valence-corrected chi connectivity index (χ2v) is 8.21. The molecular weight excluding hydrogens is 362 g/mol. The average Bonchev–Trinajstić information content (AvgIpc) is 3.41. The molecule has 0 aliphatic carbocycles. The number of rotatable bonds is 2. The molecule has 27 heavy (non-hydrogen) atoms. The summed E-state index contributed by atoms with van der Waals surface area (Å²) in [6.45, 7) is 6.20. The third kappa shape index (κ3) is 2.73. The molecule has 3 aromatic rings. The highest BCUT2D eigenvalue weighted by Crippen LogP contribution is 2.36. The van der Waals surface area contributed by atoms with E-state index in [4.69, 9.17) is 9.15 Å². The predicted molar refractivity (Wildman–Crippen MR) is 102 cm³/mol. The van der Waals surface area contributed by atoms with Crippen molar-refractivity contribution in [1.82, 2.24) is 14.5 Å². The van der Waals surface area contributed by atoms with Gasteiger partial charge in [-0.2, -0.15) is 11.3 Å². The molecule has 0 unspecified atom stereocenters. The van der Waals surface area contributed by atoms with Gasteiger partial charge in [0.1, 0.15) is 29.6 Å². The molecule has 0 bridgehead atoms. The fourth-order valence-electron chi connectivity index (χ4n) is 4.18. The molecule has 1 amide bonds. The lowest BCUT2D eigenvalue weighted by molar-refractivity contribution is -0.0804. The van der Waals surface area contributed by atoms with Crippen LogP contribution in [0.4, 0.5) is 0 Å². The molecule has 1 saturated heterocycles. The van der Waals surface area contributed by atoms with Crippen LogP contribution in [0.15, 0.2) is 33.5 Å². The van der Waals surface area contributed by atoms with Crippen molar-refractivity contribution in [3.05, 3.63) is 52.0 Å². The van der Waals surface area contributed by atoms with Crippen molar-refractivity contribution >= 4 is 17.2 Å². The van der Waals surface area contributed by atoms with Gasteiger partial charge < -0.3 is 18.6 Å². The Bertz CT molecular complexity index is 1000. The number of hydrogen-bond acceptors (Lipinski definition) is 5. The minimum atomic E-state index is -0.346. The fraction of sp³-hybridized carbons (Fsp3) is 0.400. The number of aryl methyl sites for hydroxylation is 2. The number of furan rings is 1. The average molecular weight is 383 g/mol. The summed E-state index contributed by atoms with van der Waals surface area (Å²) in [6, 6.07) is 3.94. The van der Waals surface area contributed by atoms with Gasteiger partial charge in [0.15, 0.2) is 0 Å². The lowest BCUT2D eigenvalue weighted by Crippen LogP contribution is -2.45. The molecule has 0 aromatic carbocycles. The van der Waals surface area contributed by atoms with Crippen molar-refractivity contribution in [2.45, 2.75) is 39.0 Å². The number of carbonyl (C=O) groups is 1. The van der Waals surface area contributed by atoms with Gasteiger partial charge in [0.2, 0.25) is 0 Å². The number of nitrogens with zero attached hydrogens (tertiary/aromatic N) is 3. The van der Waals surface area contributed by atoms with Crippen LogP contribution >= 0.6 is 11.3 Å². The van der Waals surface area contributed by atoms with Crippen molar-refractivity contribution in [2.75, 3.05) is 13.1 Å². The second-order valence-electron chi connectivity index (χ2n) is 7.43. The highest BCUT2D eigenvalue weighted by molar-refractivity contribution is 7.08. The van der Waals surface area contributed by atoms with Crippen molar-refractivity contribution in [3.63, 3.8) is 0 Å². The van der Waals surface area contributed by atoms with Crippen LogP contribution < -0.4 is 0 Å². The molecule has 140 valence electrons. The summed E-state index contributed by atoms with van der Waals surface area (Å²) >= 11 is 1.68. The van der Waals surface area contributed by atoms with E-state index in [2.05, 4.69) is 26.4 Å². The molecule has 7 heteroatoms. The molecule has 1 atom stereocenters. The summed E-state index contributed by atoms with van der Waals surface area (Å²) in [6.07, 6.45) is 2.75. The number of thiophene rings is 1. The van der Waals surface area contributed by atoms with E-state index in [0.29, 0.717) is 31.0 Å². The monoisotopic (exact) mass is 383 g/mol. The number of amides is 1. The Hall–Kier alpha value is -2.38. The van der Waals surface area contributed by atoms with E-state index in [0.717, 1.165) is 30.2 Å². The number of hydrogen-bond donors (Lipinski definition) is 0. The summed E-state index contributed by atoms with van der Waals surface area (Å²) < 4.78 is 14.0. The number of imidazole rings is 1. The van der Waals surface area contributed by atoms with E-state index in [1.54, 1.807) is 11.3 Å². The zero-order valence-electron chi connectivity index (χ0n) is 15.4. The zero-order chi connectivity index (χ0) is 18.6. The molecule has 5 heterocycles. The Morgan fingerprint density at radius 2 is 2.22 bits per heavy atom. The molecule has 0 radical (unpaired) electrons. The minimum absolute atomic E-state index is 0.0271. The molecular formula is C20H21N3O3S. The van der Waals surface area contributed by atoms with Crippen molar-refractivity contribution in [1.29, 1.82) is 0 Å². The maximum Gasteiger partial charge on any atom is 0.257 e. The Kier molecular flexibility index (Phi) is 3.77. The van der Waals surface area contributed by atoms with Gasteiger partial charge in [0.05, 0.1) is 30.5 Å². The second kappa shape index (κ2) is 6.07. The third-order valence-electron chi connectivity index (χ3n) is 5.58. The fourth-order valence-corrected chi connectivity index (χ4v) is 4.83. The van der Waals surface area contributed by atoms with Crippen LogP contribution in [0.2, 0.25) is 0 Å². The van der Waals surface area contributed by atoms with Gasteiger partial charge in [0.25, 0.3) is 5.91 Å². The third-order valence-corrected chi connectivity index (χ3v) is 6.27. The standard InChI is InChI=1S/C20H21N3O3S/c1-13-7-16(14(2)26-13)19(24)22-5-4-20(11-22)12-23-17(15-3-6-27-10-15)8-21-18(23)9-25-20/h3,6-8,10H,4-5,9,11-12H2,1-2H3/t20-/m0/s1. The Morgan fingerprint density at radius 3 is 2.96 bits per heavy atom. The van der Waals surface area contributed by atoms with E-state index in [1.807, 2.05) is 31.0 Å². The summed E-state index contributed by atoms with van der Waals surface area (Å²) in [4.78, 5) is 19.4. The summed E-state index contributed by atoms with van der Waals surface area (Å²) in [7, 11) is 0. The molecule has 2 aliphatic rings. The van der Waals surface area contributed by atoms with Crippen LogP contribution in [0.5, 0.6) is 0 Å². The first-order valence-corrected chi connectivity index (χ1v) is 10.1. The van der Waals surface area contributed by atoms with Crippen LogP contribution in [-0.4, -0.2) is 39.0 Å². The van der Waals surface area contributed by atoms with E-state index < -0.39 is 0 Å².